The first kappa shape index (κ1) is 21.0. The summed E-state index contributed by atoms with van der Waals surface area (Å²) < 4.78 is 21.8. The van der Waals surface area contributed by atoms with Gasteiger partial charge in [0.15, 0.2) is 0 Å². The minimum absolute atomic E-state index is 0.0814. The van der Waals surface area contributed by atoms with Crippen molar-refractivity contribution in [3.05, 3.63) is 28.8 Å². The molecule has 0 bridgehead atoms. The number of hydrogen-bond donors (Lipinski definition) is 2. The van der Waals surface area contributed by atoms with Gasteiger partial charge in [0.2, 0.25) is 6.29 Å². The summed E-state index contributed by atoms with van der Waals surface area (Å²) in [5.74, 6) is 0.292. The number of aromatic hydroxyl groups is 1. The van der Waals surface area contributed by atoms with E-state index in [0.717, 1.165) is 16.7 Å². The Hall–Kier alpha value is -1.00. The monoisotopic (exact) mass is 357 g/mol. The molecule has 2 atom stereocenters. The van der Waals surface area contributed by atoms with E-state index in [-0.39, 0.29) is 17.4 Å². The quantitative estimate of drug-likeness (QED) is 0.559. The highest BCUT2D eigenvalue weighted by Crippen LogP contribution is 2.40. The van der Waals surface area contributed by atoms with E-state index in [1.54, 1.807) is 6.92 Å². The summed E-state index contributed by atoms with van der Waals surface area (Å²) in [5, 5.41) is 20.0. The van der Waals surface area contributed by atoms with Crippen molar-refractivity contribution in [3.8, 4) is 5.75 Å². The standard InChI is InChI=1S/C18H29O5P/c1-8-15(19)23-24(21)22-11-12-9-13(17(2,3)4)16(20)14(10-12)18(5,6)7/h9-10,15,19H,8,11H2,1-7H3/p+1. The van der Waals surface area contributed by atoms with Gasteiger partial charge in [-0.15, -0.1) is 4.52 Å². The van der Waals surface area contributed by atoms with Gasteiger partial charge in [0.05, 0.1) is 0 Å². The van der Waals surface area contributed by atoms with Crippen molar-refractivity contribution in [2.24, 2.45) is 0 Å². The van der Waals surface area contributed by atoms with Crippen LogP contribution in [0.1, 0.15) is 71.6 Å². The predicted octanol–water partition coefficient (Wildman–Crippen LogP) is 4.91. The molecule has 0 aliphatic carbocycles. The maximum absolute atomic E-state index is 11.7. The molecule has 0 aromatic heterocycles. The SMILES string of the molecule is CCC(O)O[P+](=O)OCc1cc(C(C)(C)C)c(O)c(C(C)(C)C)c1. The van der Waals surface area contributed by atoms with Crippen LogP contribution in [0.2, 0.25) is 0 Å². The van der Waals surface area contributed by atoms with E-state index in [1.807, 2.05) is 53.7 Å². The van der Waals surface area contributed by atoms with Gasteiger partial charge in [0.25, 0.3) is 0 Å². The minimum Gasteiger partial charge on any atom is -0.507 e. The topological polar surface area (TPSA) is 76.0 Å². The van der Waals surface area contributed by atoms with Gasteiger partial charge in [0.1, 0.15) is 12.4 Å². The van der Waals surface area contributed by atoms with Crippen molar-refractivity contribution in [1.29, 1.82) is 0 Å². The van der Waals surface area contributed by atoms with Gasteiger partial charge in [-0.3, -0.25) is 0 Å². The lowest BCUT2D eigenvalue weighted by Gasteiger charge is -2.28. The Morgan fingerprint density at radius 2 is 1.54 bits per heavy atom. The number of benzene rings is 1. The highest BCUT2D eigenvalue weighted by atomic mass is 31.1. The molecule has 136 valence electrons. The fourth-order valence-corrected chi connectivity index (χ4v) is 2.92. The minimum atomic E-state index is -2.40. The van der Waals surface area contributed by atoms with Gasteiger partial charge < -0.3 is 10.2 Å². The Morgan fingerprint density at radius 1 is 1.08 bits per heavy atom. The average Bonchev–Trinajstić information content (AvgIpc) is 2.43. The molecule has 1 aromatic rings. The lowest BCUT2D eigenvalue weighted by molar-refractivity contribution is -0.0248. The van der Waals surface area contributed by atoms with Crippen LogP contribution in [-0.2, 0) is 31.0 Å². The molecule has 0 spiro atoms. The van der Waals surface area contributed by atoms with Crippen LogP contribution in [-0.4, -0.2) is 16.5 Å². The molecule has 0 aliphatic rings. The third-order valence-corrected chi connectivity index (χ3v) is 4.43. The highest BCUT2D eigenvalue weighted by molar-refractivity contribution is 7.33. The first-order valence-corrected chi connectivity index (χ1v) is 9.27. The molecule has 6 heteroatoms. The highest BCUT2D eigenvalue weighted by Gasteiger charge is 2.29. The molecule has 0 fully saturated rings. The summed E-state index contributed by atoms with van der Waals surface area (Å²) in [6, 6.07) is 3.73. The first-order valence-electron chi connectivity index (χ1n) is 8.18. The van der Waals surface area contributed by atoms with Crippen LogP contribution in [0.15, 0.2) is 12.1 Å². The molecule has 0 aliphatic heterocycles. The third kappa shape index (κ3) is 5.82. The molecule has 0 heterocycles. The molecule has 5 nitrogen and oxygen atoms in total. The fraction of sp³-hybridized carbons (Fsp3) is 0.667. The molecule has 0 saturated heterocycles. The Labute approximate surface area is 146 Å². The molecular formula is C18H30O5P+. The summed E-state index contributed by atoms with van der Waals surface area (Å²) in [7, 11) is -2.40. The van der Waals surface area contributed by atoms with E-state index in [9.17, 15) is 14.8 Å². The second-order valence-corrected chi connectivity index (χ2v) is 8.92. The summed E-state index contributed by atoms with van der Waals surface area (Å²) in [4.78, 5) is 0. The number of aliphatic hydroxyl groups is 1. The van der Waals surface area contributed by atoms with Crippen molar-refractivity contribution in [1.82, 2.24) is 0 Å². The van der Waals surface area contributed by atoms with Crippen LogP contribution in [0.25, 0.3) is 0 Å². The van der Waals surface area contributed by atoms with Crippen molar-refractivity contribution in [2.75, 3.05) is 0 Å². The van der Waals surface area contributed by atoms with E-state index in [1.165, 1.54) is 0 Å². The maximum Gasteiger partial charge on any atom is 0.700 e. The summed E-state index contributed by atoms with van der Waals surface area (Å²) >= 11 is 0. The van der Waals surface area contributed by atoms with Crippen LogP contribution in [0.4, 0.5) is 0 Å². The van der Waals surface area contributed by atoms with Gasteiger partial charge in [0, 0.05) is 11.0 Å². The van der Waals surface area contributed by atoms with Crippen LogP contribution in [0.3, 0.4) is 0 Å². The normalized spacial score (nSPS) is 14.6. The Balaban J connectivity index is 3.09. The van der Waals surface area contributed by atoms with Crippen LogP contribution < -0.4 is 0 Å². The maximum atomic E-state index is 11.7. The lowest BCUT2D eigenvalue weighted by atomic mass is 9.78. The van der Waals surface area contributed by atoms with E-state index in [2.05, 4.69) is 0 Å². The van der Waals surface area contributed by atoms with E-state index in [4.69, 9.17) is 9.05 Å². The van der Waals surface area contributed by atoms with Crippen LogP contribution >= 0.6 is 8.25 Å². The van der Waals surface area contributed by atoms with Gasteiger partial charge in [-0.05, 0) is 39.7 Å². The molecule has 24 heavy (non-hydrogen) atoms. The average molecular weight is 357 g/mol. The van der Waals surface area contributed by atoms with E-state index >= 15 is 0 Å². The number of rotatable bonds is 6. The summed E-state index contributed by atoms with van der Waals surface area (Å²) in [6.07, 6.45) is -0.755. The molecule has 2 unspecified atom stereocenters. The number of aliphatic hydroxyl groups excluding tert-OH is 1. The van der Waals surface area contributed by atoms with Crippen molar-refractivity contribution in [2.45, 2.75) is 78.6 Å². The zero-order chi connectivity index (χ0) is 18.7. The Kier molecular flexibility index (Phi) is 6.94. The predicted molar refractivity (Wildman–Crippen MR) is 95.3 cm³/mol. The lowest BCUT2D eigenvalue weighted by Crippen LogP contribution is -2.18. The largest absolute Gasteiger partial charge is 0.700 e. The number of phenols is 1. The Morgan fingerprint density at radius 3 is 1.92 bits per heavy atom. The van der Waals surface area contributed by atoms with Gasteiger partial charge in [-0.1, -0.05) is 53.0 Å². The summed E-state index contributed by atoms with van der Waals surface area (Å²) in [6.45, 7) is 14.0. The zero-order valence-corrected chi connectivity index (χ0v) is 16.6. The second kappa shape index (κ2) is 7.92. The smallest absolute Gasteiger partial charge is 0.507 e. The molecule has 0 amide bonds. The van der Waals surface area contributed by atoms with Crippen molar-refractivity contribution >= 4 is 8.25 Å². The third-order valence-electron chi connectivity index (χ3n) is 3.68. The first-order chi connectivity index (χ1) is 10.9. The zero-order valence-electron chi connectivity index (χ0n) is 15.7. The number of hydrogen-bond acceptors (Lipinski definition) is 5. The number of phenolic OH excluding ortho intramolecular Hbond substituents is 1. The van der Waals surface area contributed by atoms with Crippen molar-refractivity contribution in [3.63, 3.8) is 0 Å². The van der Waals surface area contributed by atoms with Crippen molar-refractivity contribution < 1.29 is 23.8 Å². The van der Waals surface area contributed by atoms with Crippen LogP contribution in [0, 0.1) is 0 Å². The van der Waals surface area contributed by atoms with Gasteiger partial charge in [-0.2, -0.15) is 0 Å². The second-order valence-electron chi connectivity index (χ2n) is 8.00. The fourth-order valence-electron chi connectivity index (χ4n) is 2.25. The van der Waals surface area contributed by atoms with E-state index < -0.39 is 14.5 Å². The molecule has 1 rings (SSSR count). The molecule has 0 saturated carbocycles. The molecular weight excluding hydrogens is 327 g/mol. The van der Waals surface area contributed by atoms with Crippen LogP contribution in [0.5, 0.6) is 5.75 Å². The Bertz CT molecular complexity index is 549. The molecule has 0 radical (unpaired) electrons. The molecule has 2 N–H and O–H groups in total. The van der Waals surface area contributed by atoms with Gasteiger partial charge >= 0.3 is 8.25 Å². The molecule has 1 aromatic carbocycles. The van der Waals surface area contributed by atoms with E-state index in [0.29, 0.717) is 12.2 Å². The summed E-state index contributed by atoms with van der Waals surface area (Å²) in [5.41, 5.74) is 1.96. The van der Waals surface area contributed by atoms with Gasteiger partial charge in [-0.25, -0.2) is 0 Å².